The van der Waals surface area contributed by atoms with Crippen molar-refractivity contribution in [2.45, 2.75) is 52.6 Å². The molecule has 0 atom stereocenters. The summed E-state index contributed by atoms with van der Waals surface area (Å²) in [6.07, 6.45) is 0. The Bertz CT molecular complexity index is 171. The molecule has 0 amide bonds. The summed E-state index contributed by atoms with van der Waals surface area (Å²) < 4.78 is 0. The third kappa shape index (κ3) is 32.3. The first kappa shape index (κ1) is 24.6. The van der Waals surface area contributed by atoms with E-state index >= 15 is 0 Å². The second-order valence-electron chi connectivity index (χ2n) is 7.39. The van der Waals surface area contributed by atoms with Gasteiger partial charge in [-0.15, -0.1) is 11.1 Å². The molecule has 0 spiro atoms. The van der Waals surface area contributed by atoms with Gasteiger partial charge < -0.3 is 20.4 Å². The van der Waals surface area contributed by atoms with Crippen molar-refractivity contribution in [3.8, 4) is 0 Å². The van der Waals surface area contributed by atoms with Gasteiger partial charge in [0, 0.05) is 0 Å². The van der Waals surface area contributed by atoms with Gasteiger partial charge in [-0.2, -0.15) is 0 Å². The number of hydrogen-bond donors (Lipinski definition) is 2. The Morgan fingerprint density at radius 1 is 0.632 bits per heavy atom. The molecule has 112 valence electrons. The fourth-order valence-corrected chi connectivity index (χ4v) is 0.791. The van der Waals surface area contributed by atoms with Gasteiger partial charge in [0.25, 0.3) is 0 Å². The monoisotopic (exact) mass is 284 g/mol. The Labute approximate surface area is 137 Å². The van der Waals surface area contributed by atoms with E-state index < -0.39 is 0 Å². The minimum Gasteiger partial charge on any atom is -0.608 e. The Morgan fingerprint density at radius 3 is 0.895 bits per heavy atom. The van der Waals surface area contributed by atoms with Gasteiger partial charge in [-0.1, -0.05) is 41.5 Å². The Hall–Kier alpha value is 0.606. The molecule has 0 bridgehead atoms. The van der Waals surface area contributed by atoms with Gasteiger partial charge in [-0.25, -0.2) is 0 Å². The first-order valence-corrected chi connectivity index (χ1v) is 6.79. The van der Waals surface area contributed by atoms with Crippen LogP contribution in [0.5, 0.6) is 0 Å². The van der Waals surface area contributed by atoms with Crippen LogP contribution in [0.4, 0.5) is 0 Å². The average molecular weight is 285 g/mol. The molecular formula is C14H36MgN4+2. The van der Waals surface area contributed by atoms with E-state index in [1.165, 1.54) is 9.80 Å². The van der Waals surface area contributed by atoms with Gasteiger partial charge in [-0.3, -0.25) is 0 Å². The number of hydrogen-bond acceptors (Lipinski definition) is 0. The summed E-state index contributed by atoms with van der Waals surface area (Å²) in [5.41, 5.74) is 0.272. The summed E-state index contributed by atoms with van der Waals surface area (Å²) in [4.78, 5) is 2.76. The molecule has 0 saturated heterocycles. The maximum Gasteiger partial charge on any atom is 2.00 e. The number of nitrogens with zero attached hydrogens (tertiary/aromatic N) is 2. The molecule has 0 saturated carbocycles. The number of nitrogens with one attached hydrogen (secondary N) is 2. The minimum atomic E-state index is 0. The zero-order chi connectivity index (χ0) is 15.0. The van der Waals surface area contributed by atoms with E-state index in [0.717, 1.165) is 13.3 Å². The van der Waals surface area contributed by atoms with Crippen LogP contribution in [0.3, 0.4) is 0 Å². The van der Waals surface area contributed by atoms with Crippen molar-refractivity contribution in [3.05, 3.63) is 10.6 Å². The quantitative estimate of drug-likeness (QED) is 0.690. The van der Waals surface area contributed by atoms with Crippen LogP contribution < -0.4 is 9.80 Å². The molecule has 5 heteroatoms. The summed E-state index contributed by atoms with van der Waals surface area (Å²) in [5.74, 6) is 0. The average Bonchev–Trinajstić information content (AvgIpc) is 2.10. The number of quaternary nitrogens is 2. The van der Waals surface area contributed by atoms with E-state index in [9.17, 15) is 0 Å². The predicted molar refractivity (Wildman–Crippen MR) is 87.3 cm³/mol. The van der Waals surface area contributed by atoms with Crippen molar-refractivity contribution in [1.29, 1.82) is 0 Å². The summed E-state index contributed by atoms with van der Waals surface area (Å²) >= 11 is 0. The van der Waals surface area contributed by atoms with Crippen LogP contribution in [0.1, 0.15) is 41.5 Å². The number of rotatable bonds is 4. The molecule has 0 fully saturated rings. The molecule has 0 aromatic rings. The maximum atomic E-state index is 4.42. The molecule has 0 unspecified atom stereocenters. The van der Waals surface area contributed by atoms with Crippen molar-refractivity contribution in [3.63, 3.8) is 0 Å². The van der Waals surface area contributed by atoms with Crippen LogP contribution in [0.25, 0.3) is 10.6 Å². The summed E-state index contributed by atoms with van der Waals surface area (Å²) in [6.45, 7) is 14.5. The molecule has 0 aliphatic heterocycles. The van der Waals surface area contributed by atoms with Gasteiger partial charge in [-0.05, 0) is 13.3 Å². The van der Waals surface area contributed by atoms with Gasteiger partial charge >= 0.3 is 23.1 Å². The molecule has 0 aliphatic carbocycles. The maximum absolute atomic E-state index is 4.42. The van der Waals surface area contributed by atoms with Gasteiger partial charge in [0.05, 0.1) is 28.2 Å². The summed E-state index contributed by atoms with van der Waals surface area (Å²) in [7, 11) is 8.43. The molecule has 0 aromatic carbocycles. The second kappa shape index (κ2) is 11.3. The molecule has 0 aromatic heterocycles. The van der Waals surface area contributed by atoms with Crippen LogP contribution in [-0.4, -0.2) is 75.7 Å². The normalized spacial score (nSPS) is 12.0. The fourth-order valence-electron chi connectivity index (χ4n) is 0.791. The fraction of sp³-hybridized carbons (Fsp3) is 1.00. The van der Waals surface area contributed by atoms with Crippen LogP contribution in [0.2, 0.25) is 0 Å². The smallest absolute Gasteiger partial charge is 0.608 e. The topological polar surface area (TPSA) is 37.1 Å². The molecule has 19 heavy (non-hydrogen) atoms. The molecule has 4 nitrogen and oxygen atoms in total. The van der Waals surface area contributed by atoms with Crippen LogP contribution in [0, 0.1) is 0 Å². The van der Waals surface area contributed by atoms with E-state index in [1.807, 2.05) is 0 Å². The SMILES string of the molecule is C[NH+](C)C[N-]C(C)(C)C.C[NH+](C)C[N-]C(C)(C)C.[Mg+2]. The van der Waals surface area contributed by atoms with Crippen molar-refractivity contribution < 1.29 is 9.80 Å². The van der Waals surface area contributed by atoms with E-state index in [4.69, 9.17) is 0 Å². The standard InChI is InChI=1S/2C7H17N2.Mg/c2*1-7(2,3)8-6-9(4)5;/h2*6H2,1-5H3;/q2*-1;+2/p+2. The van der Waals surface area contributed by atoms with E-state index in [0.29, 0.717) is 0 Å². The third-order valence-corrected chi connectivity index (χ3v) is 1.74. The van der Waals surface area contributed by atoms with Gasteiger partial charge in [0.2, 0.25) is 0 Å². The first-order chi connectivity index (χ1) is 7.83. The van der Waals surface area contributed by atoms with Gasteiger partial charge in [0.1, 0.15) is 0 Å². The third-order valence-electron chi connectivity index (χ3n) is 1.74. The predicted octanol–water partition coefficient (Wildman–Crippen LogP) is 0.140. The van der Waals surface area contributed by atoms with Gasteiger partial charge in [0.15, 0.2) is 0 Å². The molecule has 0 rings (SSSR count). The van der Waals surface area contributed by atoms with E-state index in [-0.39, 0.29) is 34.1 Å². The molecule has 2 N–H and O–H groups in total. The van der Waals surface area contributed by atoms with E-state index in [1.54, 1.807) is 0 Å². The Balaban J connectivity index is -0.000000256. The summed E-state index contributed by atoms with van der Waals surface area (Å²) in [5, 5.41) is 8.84. The molecule has 0 aliphatic rings. The molecular weight excluding hydrogens is 248 g/mol. The largest absolute Gasteiger partial charge is 2.00 e. The zero-order valence-electron chi connectivity index (χ0n) is 15.0. The van der Waals surface area contributed by atoms with Crippen molar-refractivity contribution in [2.75, 3.05) is 41.5 Å². The van der Waals surface area contributed by atoms with Crippen molar-refractivity contribution in [2.24, 2.45) is 0 Å². The Morgan fingerprint density at radius 2 is 0.842 bits per heavy atom. The van der Waals surface area contributed by atoms with Crippen LogP contribution in [-0.2, 0) is 0 Å². The van der Waals surface area contributed by atoms with E-state index in [2.05, 4.69) is 80.4 Å². The summed E-state index contributed by atoms with van der Waals surface area (Å²) in [6, 6.07) is 0. The second-order valence-corrected chi connectivity index (χ2v) is 7.39. The molecule has 0 radical (unpaired) electrons. The molecule has 0 heterocycles. The Kier molecular flexibility index (Phi) is 14.6. The van der Waals surface area contributed by atoms with Crippen molar-refractivity contribution >= 4 is 23.1 Å². The van der Waals surface area contributed by atoms with Crippen molar-refractivity contribution in [1.82, 2.24) is 0 Å². The first-order valence-electron chi connectivity index (χ1n) is 6.79. The van der Waals surface area contributed by atoms with Crippen LogP contribution >= 0.6 is 0 Å². The van der Waals surface area contributed by atoms with Crippen LogP contribution in [0.15, 0.2) is 0 Å². The zero-order valence-corrected chi connectivity index (χ0v) is 16.4. The minimum absolute atomic E-state index is 0.